The summed E-state index contributed by atoms with van der Waals surface area (Å²) in [5, 5.41) is 3.11. The molecule has 0 aliphatic carbocycles. The Hall–Kier alpha value is -2.25. The number of carbonyl (C=O) groups excluding carboxylic acids is 1. The van der Waals surface area contributed by atoms with Gasteiger partial charge in [-0.3, -0.25) is 9.10 Å². The number of hydrogen-bond donors (Lipinski definition) is 1. The number of nitrogens with zero attached hydrogens (tertiary/aromatic N) is 1. The molecule has 6 nitrogen and oxygen atoms in total. The molecule has 0 saturated carbocycles. The third kappa shape index (κ3) is 6.64. The Labute approximate surface area is 184 Å². The third-order valence-electron chi connectivity index (χ3n) is 4.54. The van der Waals surface area contributed by atoms with E-state index in [9.17, 15) is 13.2 Å². The monoisotopic (exact) mass is 452 g/mol. The molecule has 2 aromatic rings. The van der Waals surface area contributed by atoms with Crippen molar-refractivity contribution in [3.05, 3.63) is 59.1 Å². The van der Waals surface area contributed by atoms with Crippen molar-refractivity contribution in [3.8, 4) is 5.75 Å². The van der Waals surface area contributed by atoms with Crippen molar-refractivity contribution in [1.29, 1.82) is 0 Å². The van der Waals surface area contributed by atoms with E-state index in [1.807, 2.05) is 24.3 Å². The fraction of sp³-hybridized carbons (Fsp3) is 0.409. The average Bonchev–Trinajstić information content (AvgIpc) is 2.63. The highest BCUT2D eigenvalue weighted by atomic mass is 35.5. The Morgan fingerprint density at radius 3 is 2.33 bits per heavy atom. The summed E-state index contributed by atoms with van der Waals surface area (Å²) in [7, 11) is -3.69. The second-order valence-electron chi connectivity index (χ2n) is 8.13. The lowest BCUT2D eigenvalue weighted by Gasteiger charge is -2.28. The standard InChI is InChI=1S/C22H29ClN2O4S/c1-16(25(30(5,27)28)19-8-6-7-18(23)15-19)21(26)24-13-14-29-20-11-9-17(10-12-20)22(2,3)4/h6-12,15-16H,13-14H2,1-5H3,(H,24,26). The van der Waals surface area contributed by atoms with Gasteiger partial charge in [-0.05, 0) is 48.2 Å². The Morgan fingerprint density at radius 2 is 1.80 bits per heavy atom. The third-order valence-corrected chi connectivity index (χ3v) is 6.02. The van der Waals surface area contributed by atoms with Gasteiger partial charge in [0.15, 0.2) is 0 Å². The largest absolute Gasteiger partial charge is 0.492 e. The molecule has 1 amide bonds. The van der Waals surface area contributed by atoms with Crippen molar-refractivity contribution in [1.82, 2.24) is 5.32 Å². The highest BCUT2D eigenvalue weighted by molar-refractivity contribution is 7.92. The van der Waals surface area contributed by atoms with E-state index in [-0.39, 0.29) is 18.6 Å². The maximum atomic E-state index is 12.5. The van der Waals surface area contributed by atoms with Gasteiger partial charge in [0, 0.05) is 5.02 Å². The minimum atomic E-state index is -3.69. The number of amides is 1. The smallest absolute Gasteiger partial charge is 0.243 e. The second-order valence-corrected chi connectivity index (χ2v) is 10.4. The van der Waals surface area contributed by atoms with Crippen molar-refractivity contribution in [3.63, 3.8) is 0 Å². The van der Waals surface area contributed by atoms with E-state index < -0.39 is 22.0 Å². The van der Waals surface area contributed by atoms with Crippen LogP contribution in [0.5, 0.6) is 5.75 Å². The molecular weight excluding hydrogens is 424 g/mol. The molecule has 1 atom stereocenters. The van der Waals surface area contributed by atoms with Crippen molar-refractivity contribution >= 4 is 33.2 Å². The molecule has 0 radical (unpaired) electrons. The summed E-state index contributed by atoms with van der Waals surface area (Å²) < 4.78 is 31.3. The number of carbonyl (C=O) groups is 1. The van der Waals surface area contributed by atoms with Gasteiger partial charge in [-0.25, -0.2) is 8.42 Å². The summed E-state index contributed by atoms with van der Waals surface area (Å²) in [6, 6.07) is 13.3. The average molecular weight is 453 g/mol. The number of rotatable bonds is 8. The zero-order valence-corrected chi connectivity index (χ0v) is 19.5. The summed E-state index contributed by atoms with van der Waals surface area (Å²) in [6.07, 6.45) is 1.06. The van der Waals surface area contributed by atoms with E-state index >= 15 is 0 Å². The van der Waals surface area contributed by atoms with Crippen LogP contribution in [-0.4, -0.2) is 39.8 Å². The van der Waals surface area contributed by atoms with Crippen molar-refractivity contribution in [2.45, 2.75) is 39.2 Å². The van der Waals surface area contributed by atoms with E-state index in [0.717, 1.165) is 10.6 Å². The van der Waals surface area contributed by atoms with Crippen LogP contribution >= 0.6 is 11.6 Å². The first-order valence-electron chi connectivity index (χ1n) is 9.65. The molecule has 0 fully saturated rings. The second kappa shape index (κ2) is 9.71. The number of hydrogen-bond acceptors (Lipinski definition) is 4. The molecule has 2 rings (SSSR count). The molecule has 0 aliphatic rings. The van der Waals surface area contributed by atoms with Crippen LogP contribution in [0.1, 0.15) is 33.3 Å². The molecule has 30 heavy (non-hydrogen) atoms. The van der Waals surface area contributed by atoms with Crippen molar-refractivity contribution in [2.24, 2.45) is 0 Å². The lowest BCUT2D eigenvalue weighted by atomic mass is 9.87. The van der Waals surface area contributed by atoms with Crippen LogP contribution in [0.25, 0.3) is 0 Å². The number of ether oxygens (including phenoxy) is 1. The summed E-state index contributed by atoms with van der Waals surface area (Å²) in [4.78, 5) is 12.5. The summed E-state index contributed by atoms with van der Waals surface area (Å²) in [5.41, 5.74) is 1.61. The normalized spacial score (nSPS) is 12.9. The predicted molar refractivity (Wildman–Crippen MR) is 122 cm³/mol. The fourth-order valence-corrected chi connectivity index (χ4v) is 4.32. The molecule has 164 valence electrons. The van der Waals surface area contributed by atoms with Gasteiger partial charge in [-0.2, -0.15) is 0 Å². The van der Waals surface area contributed by atoms with E-state index in [1.54, 1.807) is 18.2 Å². The molecule has 0 bridgehead atoms. The number of anilines is 1. The van der Waals surface area contributed by atoms with Gasteiger partial charge in [0.05, 0.1) is 18.5 Å². The van der Waals surface area contributed by atoms with Gasteiger partial charge in [0.1, 0.15) is 18.4 Å². The number of sulfonamides is 1. The molecule has 0 heterocycles. The van der Waals surface area contributed by atoms with E-state index in [4.69, 9.17) is 16.3 Å². The van der Waals surface area contributed by atoms with Crippen LogP contribution in [-0.2, 0) is 20.2 Å². The minimum Gasteiger partial charge on any atom is -0.492 e. The first-order valence-corrected chi connectivity index (χ1v) is 11.9. The maximum Gasteiger partial charge on any atom is 0.243 e. The molecule has 0 spiro atoms. The highest BCUT2D eigenvalue weighted by Crippen LogP contribution is 2.25. The molecule has 0 aliphatic heterocycles. The van der Waals surface area contributed by atoms with Crippen molar-refractivity contribution in [2.75, 3.05) is 23.7 Å². The quantitative estimate of drug-likeness (QED) is 0.614. The minimum absolute atomic E-state index is 0.0666. The van der Waals surface area contributed by atoms with Crippen LogP contribution in [0.15, 0.2) is 48.5 Å². The van der Waals surface area contributed by atoms with Crippen molar-refractivity contribution < 1.29 is 17.9 Å². The Morgan fingerprint density at radius 1 is 1.17 bits per heavy atom. The Bertz CT molecular complexity index is 969. The zero-order valence-electron chi connectivity index (χ0n) is 18.0. The number of nitrogens with one attached hydrogen (secondary N) is 1. The van der Waals surface area contributed by atoms with Gasteiger partial charge >= 0.3 is 0 Å². The fourth-order valence-electron chi connectivity index (χ4n) is 2.96. The van der Waals surface area contributed by atoms with Crippen LogP contribution in [0.2, 0.25) is 5.02 Å². The summed E-state index contributed by atoms with van der Waals surface area (Å²) in [6.45, 7) is 8.47. The topological polar surface area (TPSA) is 75.7 Å². The first-order chi connectivity index (χ1) is 13.9. The van der Waals surface area contributed by atoms with Gasteiger partial charge in [-0.1, -0.05) is 50.6 Å². The van der Waals surface area contributed by atoms with Crippen LogP contribution in [0.4, 0.5) is 5.69 Å². The van der Waals surface area contributed by atoms with E-state index in [1.165, 1.54) is 18.6 Å². The molecule has 8 heteroatoms. The van der Waals surface area contributed by atoms with E-state index in [2.05, 4.69) is 26.1 Å². The summed E-state index contributed by atoms with van der Waals surface area (Å²) >= 11 is 5.98. The molecule has 0 aromatic heterocycles. The highest BCUT2D eigenvalue weighted by Gasteiger charge is 2.29. The Kier molecular flexibility index (Phi) is 7.77. The Balaban J connectivity index is 1.94. The van der Waals surface area contributed by atoms with Gasteiger partial charge in [0.2, 0.25) is 15.9 Å². The molecule has 1 N–H and O–H groups in total. The molecule has 0 saturated heterocycles. The SMILES string of the molecule is CC(C(=O)NCCOc1ccc(C(C)(C)C)cc1)N(c1cccc(Cl)c1)S(C)(=O)=O. The lowest BCUT2D eigenvalue weighted by Crippen LogP contribution is -2.48. The summed E-state index contributed by atoms with van der Waals surface area (Å²) in [5.74, 6) is 0.286. The lowest BCUT2D eigenvalue weighted by molar-refractivity contribution is -0.121. The molecular formula is C22H29ClN2O4S. The predicted octanol–water partition coefficient (Wildman–Crippen LogP) is 3.99. The van der Waals surface area contributed by atoms with Gasteiger partial charge in [0.25, 0.3) is 0 Å². The maximum absolute atomic E-state index is 12.5. The zero-order chi connectivity index (χ0) is 22.5. The van der Waals surface area contributed by atoms with Crippen LogP contribution < -0.4 is 14.4 Å². The van der Waals surface area contributed by atoms with Crippen LogP contribution in [0.3, 0.4) is 0 Å². The van der Waals surface area contributed by atoms with Gasteiger partial charge < -0.3 is 10.1 Å². The number of halogens is 1. The van der Waals surface area contributed by atoms with Crippen LogP contribution in [0, 0.1) is 0 Å². The number of benzene rings is 2. The molecule has 2 aromatic carbocycles. The first kappa shape index (κ1) is 24.0. The van der Waals surface area contributed by atoms with E-state index in [0.29, 0.717) is 16.5 Å². The molecule has 1 unspecified atom stereocenters. The van der Waals surface area contributed by atoms with Gasteiger partial charge in [-0.15, -0.1) is 0 Å².